The molecule has 21 heavy (non-hydrogen) atoms. The van der Waals surface area contributed by atoms with Gasteiger partial charge in [-0.15, -0.1) is 24.8 Å². The zero-order chi connectivity index (χ0) is 14.7. The van der Waals surface area contributed by atoms with E-state index >= 15 is 0 Å². The fourth-order valence-electron chi connectivity index (χ4n) is 1.67. The van der Waals surface area contributed by atoms with Gasteiger partial charge in [-0.2, -0.15) is 0 Å². The number of carbonyl (C=O) groups is 2. The van der Waals surface area contributed by atoms with Crippen molar-refractivity contribution in [1.82, 2.24) is 5.32 Å². The van der Waals surface area contributed by atoms with E-state index in [4.69, 9.17) is 22.3 Å². The number of hydrogen-bond acceptors (Lipinski definition) is 5. The molecule has 0 saturated heterocycles. The summed E-state index contributed by atoms with van der Waals surface area (Å²) in [5.41, 5.74) is 16.4. The van der Waals surface area contributed by atoms with E-state index in [1.807, 2.05) is 0 Å². The second-order valence-electron chi connectivity index (χ2n) is 4.57. The number of carbonyl (C=O) groups excluding carboxylic acids is 1. The van der Waals surface area contributed by atoms with E-state index in [0.717, 1.165) is 19.3 Å². The van der Waals surface area contributed by atoms with E-state index in [0.29, 0.717) is 32.4 Å². The molecule has 7 nitrogen and oxygen atoms in total. The second-order valence-corrected chi connectivity index (χ2v) is 4.57. The van der Waals surface area contributed by atoms with Crippen LogP contribution in [-0.2, 0) is 9.59 Å². The molecule has 0 saturated carbocycles. The maximum Gasteiger partial charge on any atom is 0.326 e. The molecule has 0 bridgehead atoms. The Balaban J connectivity index is -0.00000162. The third-order valence-corrected chi connectivity index (χ3v) is 2.87. The van der Waals surface area contributed by atoms with Crippen molar-refractivity contribution < 1.29 is 14.7 Å². The molecule has 0 aliphatic rings. The lowest BCUT2D eigenvalue weighted by atomic mass is 10.1. The number of nitrogens with two attached hydrogens (primary N) is 3. The Morgan fingerprint density at radius 3 is 1.86 bits per heavy atom. The highest BCUT2D eigenvalue weighted by Crippen LogP contribution is 2.03. The molecule has 9 heteroatoms. The minimum absolute atomic E-state index is 0. The van der Waals surface area contributed by atoms with Crippen LogP contribution in [0, 0.1) is 0 Å². The molecule has 0 spiro atoms. The average molecular weight is 347 g/mol. The van der Waals surface area contributed by atoms with E-state index in [1.165, 1.54) is 0 Å². The minimum atomic E-state index is -1.04. The molecule has 0 fully saturated rings. The molecule has 1 unspecified atom stereocenters. The molecule has 1 amide bonds. The summed E-state index contributed by atoms with van der Waals surface area (Å²) < 4.78 is 0. The summed E-state index contributed by atoms with van der Waals surface area (Å²) in [6, 6.07) is -1.57. The summed E-state index contributed by atoms with van der Waals surface area (Å²) in [5, 5.41) is 11.5. The number of nitrogens with one attached hydrogen (secondary N) is 1. The van der Waals surface area contributed by atoms with Crippen LogP contribution in [0.3, 0.4) is 0 Å². The van der Waals surface area contributed by atoms with Crippen LogP contribution in [0.2, 0.25) is 0 Å². The summed E-state index contributed by atoms with van der Waals surface area (Å²) in [6.07, 6.45) is 3.85. The molecule has 2 atom stereocenters. The summed E-state index contributed by atoms with van der Waals surface area (Å²) in [6.45, 7) is 1.07. The number of halogens is 2. The van der Waals surface area contributed by atoms with Crippen molar-refractivity contribution in [2.45, 2.75) is 50.6 Å². The van der Waals surface area contributed by atoms with E-state index < -0.39 is 24.0 Å². The zero-order valence-electron chi connectivity index (χ0n) is 12.1. The number of carboxylic acid groups (broad SMARTS) is 1. The number of unbranched alkanes of at least 4 members (excludes halogenated alkanes) is 2. The van der Waals surface area contributed by atoms with Gasteiger partial charge < -0.3 is 27.6 Å². The van der Waals surface area contributed by atoms with Crippen LogP contribution in [-0.4, -0.2) is 42.2 Å². The summed E-state index contributed by atoms with van der Waals surface area (Å²) in [5.74, 6) is -1.46. The Hall–Kier alpha value is -0.600. The topological polar surface area (TPSA) is 144 Å². The molecule has 8 N–H and O–H groups in total. The quantitative estimate of drug-likeness (QED) is 0.332. The standard InChI is InChI=1S/C12H26N4O3.2ClH/c13-7-3-1-5-9(15)11(17)16-10(12(18)19)6-2-4-8-14;;/h9-10H,1-8,13-15H2,(H,16,17)(H,18,19);2*1H/t9?,10-;;/m0../s1. The number of amides is 1. The van der Waals surface area contributed by atoms with Gasteiger partial charge in [0.1, 0.15) is 6.04 Å². The van der Waals surface area contributed by atoms with Gasteiger partial charge in [0.2, 0.25) is 5.91 Å². The highest BCUT2D eigenvalue weighted by Gasteiger charge is 2.22. The Bertz CT molecular complexity index is 283. The average Bonchev–Trinajstić information content (AvgIpc) is 2.37. The summed E-state index contributed by atoms with van der Waals surface area (Å²) in [4.78, 5) is 22.7. The lowest BCUT2D eigenvalue weighted by molar-refractivity contribution is -0.142. The third kappa shape index (κ3) is 12.8. The first-order chi connectivity index (χ1) is 9.02. The number of hydrogen-bond donors (Lipinski definition) is 5. The van der Waals surface area contributed by atoms with Crippen LogP contribution in [0.1, 0.15) is 38.5 Å². The van der Waals surface area contributed by atoms with Crippen LogP contribution in [0.15, 0.2) is 0 Å². The van der Waals surface area contributed by atoms with E-state index in [9.17, 15) is 9.59 Å². The maximum atomic E-state index is 11.7. The van der Waals surface area contributed by atoms with E-state index in [2.05, 4.69) is 5.32 Å². The number of rotatable bonds is 11. The van der Waals surface area contributed by atoms with Gasteiger partial charge in [0, 0.05) is 0 Å². The van der Waals surface area contributed by atoms with Gasteiger partial charge >= 0.3 is 5.97 Å². The van der Waals surface area contributed by atoms with Gasteiger partial charge in [0.05, 0.1) is 6.04 Å². The van der Waals surface area contributed by atoms with Gasteiger partial charge in [-0.3, -0.25) is 4.79 Å². The third-order valence-electron chi connectivity index (χ3n) is 2.87. The molecule has 0 aromatic heterocycles. The molecule has 0 aliphatic carbocycles. The lowest BCUT2D eigenvalue weighted by Gasteiger charge is -2.17. The van der Waals surface area contributed by atoms with Crippen LogP contribution < -0.4 is 22.5 Å². The van der Waals surface area contributed by atoms with Gasteiger partial charge in [0.15, 0.2) is 0 Å². The van der Waals surface area contributed by atoms with Crippen LogP contribution in [0.4, 0.5) is 0 Å². The van der Waals surface area contributed by atoms with E-state index in [1.54, 1.807) is 0 Å². The van der Waals surface area contributed by atoms with Crippen molar-refractivity contribution >= 4 is 36.7 Å². The second kappa shape index (κ2) is 15.8. The molecule has 128 valence electrons. The fourth-order valence-corrected chi connectivity index (χ4v) is 1.67. The Labute approximate surface area is 138 Å². The summed E-state index contributed by atoms with van der Waals surface area (Å²) >= 11 is 0. The normalized spacial score (nSPS) is 12.5. The molecule has 0 aliphatic heterocycles. The summed E-state index contributed by atoms with van der Waals surface area (Å²) in [7, 11) is 0. The predicted molar refractivity (Wildman–Crippen MR) is 87.8 cm³/mol. The molecule has 0 radical (unpaired) electrons. The van der Waals surface area contributed by atoms with Gasteiger partial charge in [-0.25, -0.2) is 4.79 Å². The van der Waals surface area contributed by atoms with Crippen LogP contribution in [0.5, 0.6) is 0 Å². The van der Waals surface area contributed by atoms with Gasteiger partial charge in [-0.1, -0.05) is 6.42 Å². The van der Waals surface area contributed by atoms with Crippen molar-refractivity contribution in [3.8, 4) is 0 Å². The number of carboxylic acids is 1. The van der Waals surface area contributed by atoms with E-state index in [-0.39, 0.29) is 24.8 Å². The molecule has 0 aromatic carbocycles. The molecule has 0 aromatic rings. The Morgan fingerprint density at radius 2 is 1.43 bits per heavy atom. The predicted octanol–water partition coefficient (Wildman–Crippen LogP) is -0.0153. The van der Waals surface area contributed by atoms with Gasteiger partial charge in [0.25, 0.3) is 0 Å². The fraction of sp³-hybridized carbons (Fsp3) is 0.833. The number of aliphatic carboxylic acids is 1. The zero-order valence-corrected chi connectivity index (χ0v) is 13.8. The first kappa shape index (κ1) is 25.4. The van der Waals surface area contributed by atoms with Crippen molar-refractivity contribution in [2.24, 2.45) is 17.2 Å². The Kier molecular flexibility index (Phi) is 19.1. The first-order valence-corrected chi connectivity index (χ1v) is 6.71. The highest BCUT2D eigenvalue weighted by atomic mass is 35.5. The van der Waals surface area contributed by atoms with Crippen LogP contribution in [0.25, 0.3) is 0 Å². The van der Waals surface area contributed by atoms with Crippen molar-refractivity contribution in [2.75, 3.05) is 13.1 Å². The van der Waals surface area contributed by atoms with Crippen LogP contribution >= 0.6 is 24.8 Å². The SMILES string of the molecule is Cl.Cl.NCCCCC(N)C(=O)N[C@@H](CCCCN)C(=O)O. The largest absolute Gasteiger partial charge is 0.480 e. The van der Waals surface area contributed by atoms with Crippen molar-refractivity contribution in [1.29, 1.82) is 0 Å². The Morgan fingerprint density at radius 1 is 0.952 bits per heavy atom. The lowest BCUT2D eigenvalue weighted by Crippen LogP contribution is -2.48. The minimum Gasteiger partial charge on any atom is -0.480 e. The monoisotopic (exact) mass is 346 g/mol. The smallest absolute Gasteiger partial charge is 0.326 e. The molecular weight excluding hydrogens is 319 g/mol. The van der Waals surface area contributed by atoms with Crippen molar-refractivity contribution in [3.63, 3.8) is 0 Å². The van der Waals surface area contributed by atoms with Gasteiger partial charge in [-0.05, 0) is 45.2 Å². The highest BCUT2D eigenvalue weighted by molar-refractivity contribution is 5.86. The molecular formula is C12H28Cl2N4O3. The first-order valence-electron chi connectivity index (χ1n) is 6.71. The van der Waals surface area contributed by atoms with Crippen molar-refractivity contribution in [3.05, 3.63) is 0 Å². The molecule has 0 rings (SSSR count). The maximum absolute atomic E-state index is 11.7. The molecule has 0 heterocycles.